The Kier molecular flexibility index (Phi) is 6.35. The van der Waals surface area contributed by atoms with Crippen molar-refractivity contribution in [2.45, 2.75) is 18.9 Å². The Hall–Kier alpha value is -1.24. The molecular weight excluding hydrogens is 280 g/mol. The molecule has 0 aliphatic carbocycles. The summed E-state index contributed by atoms with van der Waals surface area (Å²) in [5.74, 6) is -1.09. The van der Waals surface area contributed by atoms with Crippen LogP contribution in [0.3, 0.4) is 0 Å². The number of hydrogen-bond donors (Lipinski definition) is 2. The lowest BCUT2D eigenvalue weighted by atomic mass is 10.0. The van der Waals surface area contributed by atoms with Crippen LogP contribution in [0.25, 0.3) is 0 Å². The van der Waals surface area contributed by atoms with Gasteiger partial charge in [0.15, 0.2) is 11.6 Å². The van der Waals surface area contributed by atoms with Gasteiger partial charge in [0.1, 0.15) is 18.5 Å². The van der Waals surface area contributed by atoms with E-state index in [1.54, 1.807) is 0 Å². The van der Waals surface area contributed by atoms with Crippen LogP contribution in [-0.4, -0.2) is 44.1 Å². The quantitative estimate of drug-likeness (QED) is 0.805. The van der Waals surface area contributed by atoms with E-state index in [1.807, 2.05) is 0 Å². The Morgan fingerprint density at radius 2 is 2.05 bits per heavy atom. The normalized spacial score (nSPS) is 17.7. The van der Waals surface area contributed by atoms with E-state index in [4.69, 9.17) is 9.47 Å². The SMILES string of the molecule is OC(CNCC1CCOCC1)COc1ccc(F)c(F)c1. The van der Waals surface area contributed by atoms with Crippen molar-refractivity contribution in [3.63, 3.8) is 0 Å². The number of benzene rings is 1. The lowest BCUT2D eigenvalue weighted by Crippen LogP contribution is -2.35. The Bertz CT molecular complexity index is 439. The van der Waals surface area contributed by atoms with Crippen LogP contribution in [0.4, 0.5) is 8.78 Å². The van der Waals surface area contributed by atoms with Gasteiger partial charge in [-0.05, 0) is 37.4 Å². The molecule has 0 saturated carbocycles. The summed E-state index contributed by atoms with van der Waals surface area (Å²) in [6.45, 7) is 2.88. The largest absolute Gasteiger partial charge is 0.491 e. The van der Waals surface area contributed by atoms with Gasteiger partial charge < -0.3 is 19.9 Å². The summed E-state index contributed by atoms with van der Waals surface area (Å²) in [4.78, 5) is 0. The fourth-order valence-corrected chi connectivity index (χ4v) is 2.22. The smallest absolute Gasteiger partial charge is 0.162 e. The van der Waals surface area contributed by atoms with Crippen LogP contribution in [0.1, 0.15) is 12.8 Å². The van der Waals surface area contributed by atoms with E-state index in [9.17, 15) is 13.9 Å². The summed E-state index contributed by atoms with van der Waals surface area (Å²) in [6, 6.07) is 3.30. The molecular formula is C15H21F2NO3. The number of aliphatic hydroxyl groups is 1. The maximum absolute atomic E-state index is 13.0. The Morgan fingerprint density at radius 1 is 1.29 bits per heavy atom. The molecule has 2 N–H and O–H groups in total. The number of rotatable bonds is 7. The standard InChI is InChI=1S/C15H21F2NO3/c16-14-2-1-13(7-15(14)17)21-10-12(19)9-18-8-11-3-5-20-6-4-11/h1-2,7,11-12,18-19H,3-6,8-10H2. The van der Waals surface area contributed by atoms with Crippen LogP contribution in [0.5, 0.6) is 5.75 Å². The van der Waals surface area contributed by atoms with Crippen LogP contribution < -0.4 is 10.1 Å². The van der Waals surface area contributed by atoms with Gasteiger partial charge in [-0.25, -0.2) is 8.78 Å². The first-order valence-electron chi connectivity index (χ1n) is 7.19. The minimum atomic E-state index is -0.959. The highest BCUT2D eigenvalue weighted by molar-refractivity contribution is 5.23. The molecule has 0 spiro atoms. The lowest BCUT2D eigenvalue weighted by Gasteiger charge is -2.23. The van der Waals surface area contributed by atoms with Gasteiger partial charge in [0.2, 0.25) is 0 Å². The van der Waals surface area contributed by atoms with Crippen LogP contribution >= 0.6 is 0 Å². The summed E-state index contributed by atoms with van der Waals surface area (Å²) in [5, 5.41) is 13.0. The molecule has 1 saturated heterocycles. The molecule has 1 aromatic carbocycles. The van der Waals surface area contributed by atoms with Gasteiger partial charge in [-0.3, -0.25) is 0 Å². The van der Waals surface area contributed by atoms with E-state index in [1.165, 1.54) is 6.07 Å². The van der Waals surface area contributed by atoms with Crippen molar-refractivity contribution in [1.82, 2.24) is 5.32 Å². The van der Waals surface area contributed by atoms with Crippen molar-refractivity contribution in [3.05, 3.63) is 29.8 Å². The molecule has 1 heterocycles. The van der Waals surface area contributed by atoms with E-state index in [0.29, 0.717) is 12.5 Å². The van der Waals surface area contributed by atoms with Crippen molar-refractivity contribution >= 4 is 0 Å². The summed E-state index contributed by atoms with van der Waals surface area (Å²) in [5.41, 5.74) is 0. The number of halogens is 2. The maximum Gasteiger partial charge on any atom is 0.162 e. The Balaban J connectivity index is 1.62. The third kappa shape index (κ3) is 5.57. The maximum atomic E-state index is 13.0. The van der Waals surface area contributed by atoms with Crippen molar-refractivity contribution in [3.8, 4) is 5.75 Å². The molecule has 2 rings (SSSR count). The predicted octanol–water partition coefficient (Wildman–Crippen LogP) is 1.72. The van der Waals surface area contributed by atoms with Crippen molar-refractivity contribution < 1.29 is 23.4 Å². The van der Waals surface area contributed by atoms with E-state index in [0.717, 1.165) is 44.7 Å². The molecule has 1 aliphatic rings. The topological polar surface area (TPSA) is 50.7 Å². The van der Waals surface area contributed by atoms with Crippen LogP contribution in [0, 0.1) is 17.6 Å². The lowest BCUT2D eigenvalue weighted by molar-refractivity contribution is 0.0630. The second-order valence-electron chi connectivity index (χ2n) is 5.25. The second kappa shape index (κ2) is 8.26. The molecule has 0 aromatic heterocycles. The molecule has 0 radical (unpaired) electrons. The van der Waals surface area contributed by atoms with Crippen molar-refractivity contribution in [2.75, 3.05) is 32.9 Å². The molecule has 1 unspecified atom stereocenters. The molecule has 6 heteroatoms. The summed E-state index contributed by atoms with van der Waals surface area (Å²) in [6.07, 6.45) is 1.38. The Labute approximate surface area is 123 Å². The van der Waals surface area contributed by atoms with E-state index in [-0.39, 0.29) is 12.4 Å². The first-order valence-corrected chi connectivity index (χ1v) is 7.19. The second-order valence-corrected chi connectivity index (χ2v) is 5.25. The third-order valence-corrected chi connectivity index (χ3v) is 3.49. The molecule has 1 aliphatic heterocycles. The number of ether oxygens (including phenoxy) is 2. The summed E-state index contributed by atoms with van der Waals surface area (Å²) in [7, 11) is 0. The number of hydrogen-bond acceptors (Lipinski definition) is 4. The fourth-order valence-electron chi connectivity index (χ4n) is 2.22. The van der Waals surface area contributed by atoms with E-state index >= 15 is 0 Å². The zero-order valence-corrected chi connectivity index (χ0v) is 11.9. The van der Waals surface area contributed by atoms with Gasteiger partial charge in [-0.2, -0.15) is 0 Å². The van der Waals surface area contributed by atoms with E-state index < -0.39 is 17.7 Å². The molecule has 1 atom stereocenters. The predicted molar refractivity (Wildman–Crippen MR) is 74.3 cm³/mol. The van der Waals surface area contributed by atoms with Crippen molar-refractivity contribution in [1.29, 1.82) is 0 Å². The van der Waals surface area contributed by atoms with Gasteiger partial charge >= 0.3 is 0 Å². The van der Waals surface area contributed by atoms with Crippen LogP contribution in [0.15, 0.2) is 18.2 Å². The zero-order chi connectivity index (χ0) is 15.1. The average molecular weight is 301 g/mol. The fraction of sp³-hybridized carbons (Fsp3) is 0.600. The average Bonchev–Trinajstić information content (AvgIpc) is 2.49. The minimum absolute atomic E-state index is 0.0336. The monoisotopic (exact) mass is 301 g/mol. The van der Waals surface area contributed by atoms with Gasteiger partial charge in [0.05, 0.1) is 0 Å². The molecule has 21 heavy (non-hydrogen) atoms. The molecule has 4 nitrogen and oxygen atoms in total. The number of nitrogens with one attached hydrogen (secondary N) is 1. The minimum Gasteiger partial charge on any atom is -0.491 e. The van der Waals surface area contributed by atoms with Crippen LogP contribution in [-0.2, 0) is 4.74 Å². The summed E-state index contributed by atoms with van der Waals surface area (Å²) >= 11 is 0. The van der Waals surface area contributed by atoms with Gasteiger partial charge in [0, 0.05) is 25.8 Å². The highest BCUT2D eigenvalue weighted by Gasteiger charge is 2.14. The van der Waals surface area contributed by atoms with Gasteiger partial charge in [-0.15, -0.1) is 0 Å². The van der Waals surface area contributed by atoms with Gasteiger partial charge in [0.25, 0.3) is 0 Å². The van der Waals surface area contributed by atoms with E-state index in [2.05, 4.69) is 5.32 Å². The molecule has 1 fully saturated rings. The Morgan fingerprint density at radius 3 is 2.76 bits per heavy atom. The van der Waals surface area contributed by atoms with Gasteiger partial charge in [-0.1, -0.05) is 0 Å². The highest BCUT2D eigenvalue weighted by atomic mass is 19.2. The zero-order valence-electron chi connectivity index (χ0n) is 11.9. The molecule has 1 aromatic rings. The molecule has 0 amide bonds. The van der Waals surface area contributed by atoms with Crippen LogP contribution in [0.2, 0.25) is 0 Å². The molecule has 0 bridgehead atoms. The summed E-state index contributed by atoms with van der Waals surface area (Å²) < 4.78 is 36.2. The first-order chi connectivity index (χ1) is 10.1. The number of aliphatic hydroxyl groups excluding tert-OH is 1. The first kappa shape index (κ1) is 16.1. The molecule has 118 valence electrons. The third-order valence-electron chi connectivity index (χ3n) is 3.49. The highest BCUT2D eigenvalue weighted by Crippen LogP contribution is 2.15. The van der Waals surface area contributed by atoms with Crippen molar-refractivity contribution in [2.24, 2.45) is 5.92 Å².